The van der Waals surface area contributed by atoms with E-state index in [1.165, 1.54) is 0 Å². The second-order valence-electron chi connectivity index (χ2n) is 4.53. The molecule has 1 aliphatic rings. The van der Waals surface area contributed by atoms with Gasteiger partial charge in [-0.3, -0.25) is 4.79 Å². The van der Waals surface area contributed by atoms with Crippen LogP contribution >= 0.6 is 11.6 Å². The Morgan fingerprint density at radius 2 is 2.47 bits per heavy atom. The molecule has 0 aliphatic carbocycles. The van der Waals surface area contributed by atoms with E-state index in [4.69, 9.17) is 21.1 Å². The summed E-state index contributed by atoms with van der Waals surface area (Å²) in [6, 6.07) is 7.44. The van der Waals surface area contributed by atoms with Crippen molar-refractivity contribution in [2.75, 3.05) is 20.3 Å². The van der Waals surface area contributed by atoms with E-state index in [-0.39, 0.29) is 18.1 Å². The largest absolute Gasteiger partial charge is 0.375 e. The smallest absolute Gasteiger partial charge is 0.249 e. The maximum atomic E-state index is 11.8. The fourth-order valence-electron chi connectivity index (χ4n) is 2.14. The van der Waals surface area contributed by atoms with Crippen molar-refractivity contribution < 1.29 is 14.3 Å². The quantitative estimate of drug-likeness (QED) is 0.902. The van der Waals surface area contributed by atoms with Crippen molar-refractivity contribution in [2.45, 2.75) is 25.0 Å². The number of carbonyl (C=O) groups excluding carboxylic acids is 1. The van der Waals surface area contributed by atoms with Crippen LogP contribution in [-0.4, -0.2) is 32.3 Å². The number of hydrogen-bond acceptors (Lipinski definition) is 3. The van der Waals surface area contributed by atoms with Gasteiger partial charge in [0.15, 0.2) is 0 Å². The summed E-state index contributed by atoms with van der Waals surface area (Å²) in [5, 5.41) is 3.52. The van der Waals surface area contributed by atoms with Crippen LogP contribution in [0.1, 0.15) is 24.5 Å². The summed E-state index contributed by atoms with van der Waals surface area (Å²) in [5.41, 5.74) is 0.947. The Kier molecular flexibility index (Phi) is 5.19. The predicted molar refractivity (Wildman–Crippen MR) is 73.2 cm³/mol. The zero-order chi connectivity index (χ0) is 13.7. The molecule has 1 N–H and O–H groups in total. The fourth-order valence-corrected chi connectivity index (χ4v) is 2.33. The molecule has 0 unspecified atom stereocenters. The SMILES string of the molecule is CO[C@@H](CNC(=O)[C@@H]1CCCO1)c1cccc(Cl)c1. The molecule has 19 heavy (non-hydrogen) atoms. The number of rotatable bonds is 5. The number of carbonyl (C=O) groups is 1. The van der Waals surface area contributed by atoms with Crippen molar-refractivity contribution >= 4 is 17.5 Å². The first-order valence-corrected chi connectivity index (χ1v) is 6.76. The van der Waals surface area contributed by atoms with Crippen LogP contribution in [0.3, 0.4) is 0 Å². The number of benzene rings is 1. The molecule has 1 heterocycles. The highest BCUT2D eigenvalue weighted by Crippen LogP contribution is 2.20. The Balaban J connectivity index is 1.90. The standard InChI is InChI=1S/C14H18ClNO3/c1-18-13(10-4-2-5-11(15)8-10)9-16-14(17)12-6-3-7-19-12/h2,4-5,8,12-13H,3,6-7,9H2,1H3,(H,16,17)/t12-,13-/m0/s1. The van der Waals surface area contributed by atoms with Gasteiger partial charge in [0.25, 0.3) is 0 Å². The lowest BCUT2D eigenvalue weighted by atomic mass is 10.1. The molecule has 1 saturated heterocycles. The Labute approximate surface area is 118 Å². The summed E-state index contributed by atoms with van der Waals surface area (Å²) in [6.45, 7) is 1.08. The summed E-state index contributed by atoms with van der Waals surface area (Å²) in [7, 11) is 1.61. The minimum Gasteiger partial charge on any atom is -0.375 e. The van der Waals surface area contributed by atoms with Gasteiger partial charge in [0, 0.05) is 25.3 Å². The van der Waals surface area contributed by atoms with Gasteiger partial charge in [-0.15, -0.1) is 0 Å². The third kappa shape index (κ3) is 3.93. The van der Waals surface area contributed by atoms with Gasteiger partial charge in [0.05, 0.1) is 6.10 Å². The molecule has 2 atom stereocenters. The summed E-state index contributed by atoms with van der Waals surface area (Å²) in [4.78, 5) is 11.8. The molecule has 1 aliphatic heterocycles. The molecule has 1 amide bonds. The first kappa shape index (κ1) is 14.3. The number of hydrogen-bond donors (Lipinski definition) is 1. The third-order valence-electron chi connectivity index (χ3n) is 3.19. The lowest BCUT2D eigenvalue weighted by molar-refractivity contribution is -0.130. The molecule has 0 saturated carbocycles. The van der Waals surface area contributed by atoms with Crippen LogP contribution in [0.2, 0.25) is 5.02 Å². The van der Waals surface area contributed by atoms with Gasteiger partial charge >= 0.3 is 0 Å². The maximum absolute atomic E-state index is 11.8. The van der Waals surface area contributed by atoms with E-state index in [1.54, 1.807) is 7.11 Å². The van der Waals surface area contributed by atoms with Crippen LogP contribution in [0.4, 0.5) is 0 Å². The number of ether oxygens (including phenoxy) is 2. The van der Waals surface area contributed by atoms with Gasteiger partial charge in [-0.1, -0.05) is 23.7 Å². The molecule has 1 aromatic rings. The fraction of sp³-hybridized carbons (Fsp3) is 0.500. The van der Waals surface area contributed by atoms with Gasteiger partial charge < -0.3 is 14.8 Å². The normalized spacial score (nSPS) is 20.2. The molecule has 0 spiro atoms. The van der Waals surface area contributed by atoms with Crippen molar-refractivity contribution in [2.24, 2.45) is 0 Å². The number of methoxy groups -OCH3 is 1. The summed E-state index contributed by atoms with van der Waals surface area (Å²) < 4.78 is 10.7. The minimum absolute atomic E-state index is 0.0680. The van der Waals surface area contributed by atoms with Crippen LogP contribution < -0.4 is 5.32 Å². The van der Waals surface area contributed by atoms with Crippen LogP contribution in [0.15, 0.2) is 24.3 Å². The Morgan fingerprint density at radius 3 is 3.11 bits per heavy atom. The summed E-state index contributed by atoms with van der Waals surface area (Å²) >= 11 is 5.95. The summed E-state index contributed by atoms with van der Waals surface area (Å²) in [5.74, 6) is -0.0680. The number of nitrogens with one attached hydrogen (secondary N) is 1. The molecule has 0 bridgehead atoms. The third-order valence-corrected chi connectivity index (χ3v) is 3.42. The van der Waals surface area contributed by atoms with Crippen LogP contribution in [0.25, 0.3) is 0 Å². The highest BCUT2D eigenvalue weighted by molar-refractivity contribution is 6.30. The first-order valence-electron chi connectivity index (χ1n) is 6.38. The van der Waals surface area contributed by atoms with E-state index in [2.05, 4.69) is 5.32 Å². The van der Waals surface area contributed by atoms with E-state index in [1.807, 2.05) is 24.3 Å². The minimum atomic E-state index is -0.308. The molecule has 5 heteroatoms. The van der Waals surface area contributed by atoms with Gasteiger partial charge in [0.1, 0.15) is 6.10 Å². The Hall–Kier alpha value is -1.10. The van der Waals surface area contributed by atoms with Crippen LogP contribution in [-0.2, 0) is 14.3 Å². The highest BCUT2D eigenvalue weighted by atomic mass is 35.5. The van der Waals surface area contributed by atoms with E-state index in [0.29, 0.717) is 18.2 Å². The van der Waals surface area contributed by atoms with E-state index in [9.17, 15) is 4.79 Å². The van der Waals surface area contributed by atoms with E-state index in [0.717, 1.165) is 18.4 Å². The molecule has 104 valence electrons. The summed E-state index contributed by atoms with van der Waals surface area (Å²) in [6.07, 6.45) is 1.22. The predicted octanol–water partition coefficient (Wildman–Crippen LogP) is 2.32. The van der Waals surface area contributed by atoms with Gasteiger partial charge in [-0.05, 0) is 30.5 Å². The topological polar surface area (TPSA) is 47.6 Å². The number of halogens is 1. The van der Waals surface area contributed by atoms with Gasteiger partial charge in [-0.25, -0.2) is 0 Å². The van der Waals surface area contributed by atoms with Crippen molar-refractivity contribution in [1.82, 2.24) is 5.32 Å². The average Bonchev–Trinajstić information content (AvgIpc) is 2.93. The molecular formula is C14H18ClNO3. The van der Waals surface area contributed by atoms with E-state index >= 15 is 0 Å². The number of amides is 1. The monoisotopic (exact) mass is 283 g/mol. The average molecular weight is 284 g/mol. The Morgan fingerprint density at radius 1 is 1.63 bits per heavy atom. The highest BCUT2D eigenvalue weighted by Gasteiger charge is 2.24. The van der Waals surface area contributed by atoms with Crippen LogP contribution in [0.5, 0.6) is 0 Å². The van der Waals surface area contributed by atoms with Crippen LogP contribution in [0, 0.1) is 0 Å². The second-order valence-corrected chi connectivity index (χ2v) is 4.96. The molecule has 0 radical (unpaired) electrons. The van der Waals surface area contributed by atoms with Crippen molar-refractivity contribution in [3.05, 3.63) is 34.9 Å². The van der Waals surface area contributed by atoms with Crippen molar-refractivity contribution in [3.63, 3.8) is 0 Å². The molecule has 4 nitrogen and oxygen atoms in total. The molecule has 2 rings (SSSR count). The second kappa shape index (κ2) is 6.89. The lowest BCUT2D eigenvalue weighted by Gasteiger charge is -2.18. The zero-order valence-electron chi connectivity index (χ0n) is 10.9. The van der Waals surface area contributed by atoms with E-state index < -0.39 is 0 Å². The lowest BCUT2D eigenvalue weighted by Crippen LogP contribution is -2.37. The zero-order valence-corrected chi connectivity index (χ0v) is 11.7. The maximum Gasteiger partial charge on any atom is 0.249 e. The first-order chi connectivity index (χ1) is 9.20. The van der Waals surface area contributed by atoms with Gasteiger partial charge in [-0.2, -0.15) is 0 Å². The van der Waals surface area contributed by atoms with Crippen molar-refractivity contribution in [3.8, 4) is 0 Å². The van der Waals surface area contributed by atoms with Crippen molar-refractivity contribution in [1.29, 1.82) is 0 Å². The molecule has 0 aromatic heterocycles. The van der Waals surface area contributed by atoms with Gasteiger partial charge in [0.2, 0.25) is 5.91 Å². The Bertz CT molecular complexity index is 432. The molecular weight excluding hydrogens is 266 g/mol. The molecule has 1 aromatic carbocycles. The molecule has 1 fully saturated rings.